The Hall–Kier alpha value is -2.70. The maximum absolute atomic E-state index is 12.8. The second-order valence-electron chi connectivity index (χ2n) is 5.98. The molecule has 1 N–H and O–H groups in total. The molecular weight excluding hydrogens is 316 g/mol. The predicted octanol–water partition coefficient (Wildman–Crippen LogP) is 2.35. The third-order valence-corrected chi connectivity index (χ3v) is 4.32. The number of carbonyl (C=O) groups excluding carboxylic acids is 1. The van der Waals surface area contributed by atoms with Gasteiger partial charge in [-0.2, -0.15) is 0 Å². The number of para-hydroxylation sites is 2. The van der Waals surface area contributed by atoms with Gasteiger partial charge in [0.15, 0.2) is 0 Å². The van der Waals surface area contributed by atoms with Crippen LogP contribution in [0.2, 0.25) is 0 Å². The Labute approximate surface area is 147 Å². The number of nitrogens with zero attached hydrogens (tertiary/aromatic N) is 5. The van der Waals surface area contributed by atoms with Crippen LogP contribution in [0.1, 0.15) is 38.6 Å². The van der Waals surface area contributed by atoms with Crippen LogP contribution in [0.25, 0.3) is 11.0 Å². The third kappa shape index (κ3) is 3.70. The summed E-state index contributed by atoms with van der Waals surface area (Å²) in [5.74, 6) is 0.991. The highest BCUT2D eigenvalue weighted by atomic mass is 16.2. The number of rotatable bonds is 8. The van der Waals surface area contributed by atoms with Gasteiger partial charge in [-0.15, -0.1) is 5.10 Å². The minimum Gasteiger partial charge on any atom is -0.354 e. The van der Waals surface area contributed by atoms with Gasteiger partial charge in [0.25, 0.3) is 0 Å². The molecule has 0 spiro atoms. The maximum atomic E-state index is 12.8. The number of amides is 1. The average molecular weight is 340 g/mol. The Morgan fingerprint density at radius 1 is 1.28 bits per heavy atom. The number of nitrogens with one attached hydrogen (secondary N) is 1. The summed E-state index contributed by atoms with van der Waals surface area (Å²) < 4.78 is 3.85. The lowest BCUT2D eigenvalue weighted by Gasteiger charge is -2.19. The van der Waals surface area contributed by atoms with Crippen LogP contribution >= 0.6 is 0 Å². The van der Waals surface area contributed by atoms with Crippen molar-refractivity contribution in [3.63, 3.8) is 0 Å². The Kier molecular flexibility index (Phi) is 5.42. The van der Waals surface area contributed by atoms with E-state index >= 15 is 0 Å². The molecule has 3 aromatic rings. The summed E-state index contributed by atoms with van der Waals surface area (Å²) in [4.78, 5) is 17.4. The van der Waals surface area contributed by atoms with Gasteiger partial charge in [0, 0.05) is 25.7 Å². The van der Waals surface area contributed by atoms with Crippen LogP contribution in [0.3, 0.4) is 0 Å². The molecule has 2 heterocycles. The molecular formula is C18H24N6O. The molecule has 0 bridgehead atoms. The van der Waals surface area contributed by atoms with Gasteiger partial charge < -0.3 is 9.88 Å². The molecule has 7 nitrogen and oxygen atoms in total. The quantitative estimate of drug-likeness (QED) is 0.639. The van der Waals surface area contributed by atoms with Crippen LogP contribution in [-0.4, -0.2) is 37.0 Å². The molecule has 25 heavy (non-hydrogen) atoms. The molecule has 2 aromatic heterocycles. The molecule has 1 aromatic carbocycles. The van der Waals surface area contributed by atoms with Crippen LogP contribution in [0, 0.1) is 0 Å². The largest absolute Gasteiger partial charge is 0.354 e. The minimum atomic E-state index is -0.242. The Morgan fingerprint density at radius 3 is 2.84 bits per heavy atom. The molecule has 0 aliphatic heterocycles. The highest BCUT2D eigenvalue weighted by Gasteiger charge is 2.23. The summed E-state index contributed by atoms with van der Waals surface area (Å²) in [7, 11) is 0. The maximum Gasteiger partial charge on any atom is 0.243 e. The van der Waals surface area contributed by atoms with Crippen LogP contribution in [-0.2, 0) is 17.8 Å². The van der Waals surface area contributed by atoms with Crippen molar-refractivity contribution in [1.29, 1.82) is 0 Å². The van der Waals surface area contributed by atoms with Gasteiger partial charge in [-0.25, -0.2) is 4.98 Å². The number of carbonyl (C=O) groups is 1. The second kappa shape index (κ2) is 7.92. The van der Waals surface area contributed by atoms with Crippen molar-refractivity contribution >= 4 is 16.9 Å². The smallest absolute Gasteiger partial charge is 0.243 e. The van der Waals surface area contributed by atoms with Gasteiger partial charge in [0.1, 0.15) is 11.9 Å². The first-order valence-corrected chi connectivity index (χ1v) is 8.82. The van der Waals surface area contributed by atoms with Gasteiger partial charge in [0.2, 0.25) is 5.91 Å². The lowest BCUT2D eigenvalue weighted by atomic mass is 10.1. The molecule has 0 saturated heterocycles. The Balaban J connectivity index is 1.70. The number of aryl methyl sites for hydroxylation is 2. The SMILES string of the molecule is CCc1nc2ccccc2n1[C@@H](CC)C(=O)NCCCn1ccnn1. The molecule has 0 radical (unpaired) electrons. The summed E-state index contributed by atoms with van der Waals surface area (Å²) in [6.45, 7) is 5.46. The Bertz CT molecular complexity index is 823. The third-order valence-electron chi connectivity index (χ3n) is 4.32. The van der Waals surface area contributed by atoms with Crippen LogP contribution in [0.4, 0.5) is 0 Å². The van der Waals surface area contributed by atoms with Gasteiger partial charge in [-0.1, -0.05) is 31.2 Å². The van der Waals surface area contributed by atoms with Crippen LogP contribution in [0.15, 0.2) is 36.7 Å². The summed E-state index contributed by atoms with van der Waals surface area (Å²) in [5.41, 5.74) is 1.96. The van der Waals surface area contributed by atoms with Crippen LogP contribution in [0.5, 0.6) is 0 Å². The first-order valence-electron chi connectivity index (χ1n) is 8.82. The van der Waals surface area contributed by atoms with Gasteiger partial charge in [0.05, 0.1) is 17.2 Å². The van der Waals surface area contributed by atoms with E-state index in [-0.39, 0.29) is 11.9 Å². The van der Waals surface area contributed by atoms with Crippen molar-refractivity contribution in [2.45, 2.75) is 45.7 Å². The van der Waals surface area contributed by atoms with E-state index in [0.717, 1.165) is 42.7 Å². The number of hydrogen-bond donors (Lipinski definition) is 1. The van der Waals surface area contributed by atoms with Crippen molar-refractivity contribution < 1.29 is 4.79 Å². The summed E-state index contributed by atoms with van der Waals surface area (Å²) in [6, 6.07) is 7.75. The average Bonchev–Trinajstić information content (AvgIpc) is 3.27. The number of hydrogen-bond acceptors (Lipinski definition) is 4. The molecule has 1 atom stereocenters. The fourth-order valence-electron chi connectivity index (χ4n) is 3.10. The van der Waals surface area contributed by atoms with Gasteiger partial charge in [-0.3, -0.25) is 9.48 Å². The molecule has 0 saturated carbocycles. The standard InChI is InChI=1S/C18H24N6O/c1-3-15(18(25)19-10-7-12-23-13-11-20-22-23)24-16-9-6-5-8-14(16)21-17(24)4-2/h5-6,8-9,11,13,15H,3-4,7,10,12H2,1-2H3,(H,19,25)/t15-/m0/s1. The van der Waals surface area contributed by atoms with E-state index in [9.17, 15) is 4.79 Å². The molecule has 7 heteroatoms. The highest BCUT2D eigenvalue weighted by molar-refractivity contribution is 5.84. The molecule has 0 aliphatic carbocycles. The fraction of sp³-hybridized carbons (Fsp3) is 0.444. The number of fused-ring (bicyclic) bond motifs is 1. The van der Waals surface area contributed by atoms with Crippen LogP contribution < -0.4 is 5.32 Å². The van der Waals surface area contributed by atoms with E-state index in [1.54, 1.807) is 10.9 Å². The molecule has 1 amide bonds. The zero-order chi connectivity index (χ0) is 17.6. The number of aromatic nitrogens is 5. The Morgan fingerprint density at radius 2 is 2.12 bits per heavy atom. The second-order valence-corrected chi connectivity index (χ2v) is 5.98. The van der Waals surface area contributed by atoms with Gasteiger partial charge in [-0.05, 0) is 25.0 Å². The molecule has 132 valence electrons. The lowest BCUT2D eigenvalue weighted by Crippen LogP contribution is -2.34. The monoisotopic (exact) mass is 340 g/mol. The lowest BCUT2D eigenvalue weighted by molar-refractivity contribution is -0.124. The highest BCUT2D eigenvalue weighted by Crippen LogP contribution is 2.24. The zero-order valence-electron chi connectivity index (χ0n) is 14.7. The zero-order valence-corrected chi connectivity index (χ0v) is 14.7. The minimum absolute atomic E-state index is 0.0407. The molecule has 0 aliphatic rings. The fourth-order valence-corrected chi connectivity index (χ4v) is 3.10. The van der Waals surface area contributed by atoms with E-state index in [1.165, 1.54) is 0 Å². The van der Waals surface area contributed by atoms with E-state index < -0.39 is 0 Å². The summed E-state index contributed by atoms with van der Waals surface area (Å²) >= 11 is 0. The van der Waals surface area contributed by atoms with E-state index in [2.05, 4.69) is 32.1 Å². The normalized spacial score (nSPS) is 12.4. The molecule has 0 fully saturated rings. The topological polar surface area (TPSA) is 77.6 Å². The van der Waals surface area contributed by atoms with E-state index in [1.807, 2.05) is 37.4 Å². The van der Waals surface area contributed by atoms with Crippen molar-refractivity contribution in [2.75, 3.05) is 6.54 Å². The number of benzene rings is 1. The predicted molar refractivity (Wildman–Crippen MR) is 96.1 cm³/mol. The summed E-state index contributed by atoms with van der Waals surface area (Å²) in [6.07, 6.45) is 5.81. The van der Waals surface area contributed by atoms with Crippen molar-refractivity contribution in [1.82, 2.24) is 29.9 Å². The van der Waals surface area contributed by atoms with E-state index in [4.69, 9.17) is 0 Å². The molecule has 0 unspecified atom stereocenters. The van der Waals surface area contributed by atoms with Crippen molar-refractivity contribution in [2.24, 2.45) is 0 Å². The van der Waals surface area contributed by atoms with Crippen molar-refractivity contribution in [3.05, 3.63) is 42.5 Å². The first kappa shape index (κ1) is 17.1. The van der Waals surface area contributed by atoms with E-state index in [0.29, 0.717) is 6.54 Å². The summed E-state index contributed by atoms with van der Waals surface area (Å²) in [5, 5.41) is 10.7. The number of imidazole rings is 1. The van der Waals surface area contributed by atoms with Crippen molar-refractivity contribution in [3.8, 4) is 0 Å². The van der Waals surface area contributed by atoms with Gasteiger partial charge >= 0.3 is 0 Å². The first-order chi connectivity index (χ1) is 12.2. The molecule has 3 rings (SSSR count).